The van der Waals surface area contributed by atoms with E-state index in [1.165, 1.54) is 18.2 Å². The maximum atomic E-state index is 11.2. The van der Waals surface area contributed by atoms with Crippen molar-refractivity contribution in [2.45, 2.75) is 25.2 Å². The van der Waals surface area contributed by atoms with Crippen molar-refractivity contribution < 1.29 is 9.53 Å². The van der Waals surface area contributed by atoms with E-state index in [-0.39, 0.29) is 11.9 Å². The van der Waals surface area contributed by atoms with Gasteiger partial charge in [-0.2, -0.15) is 0 Å². The van der Waals surface area contributed by atoms with Gasteiger partial charge in [-0.05, 0) is 42.0 Å². The first kappa shape index (κ1) is 10.0. The summed E-state index contributed by atoms with van der Waals surface area (Å²) >= 11 is 0. The second kappa shape index (κ2) is 3.93. The molecule has 0 saturated heterocycles. The number of methoxy groups -OCH3 is 1. The summed E-state index contributed by atoms with van der Waals surface area (Å²) in [5.41, 5.74) is 9.05. The Balaban J connectivity index is 2.20. The lowest BCUT2D eigenvalue weighted by molar-refractivity contribution is -0.141. The topological polar surface area (TPSA) is 52.3 Å². The lowest BCUT2D eigenvalue weighted by Gasteiger charge is -2.10. The number of rotatable bonds is 2. The van der Waals surface area contributed by atoms with Crippen LogP contribution in [0.5, 0.6) is 0 Å². The summed E-state index contributed by atoms with van der Waals surface area (Å²) in [6.45, 7) is 0. The molecule has 15 heavy (non-hydrogen) atoms. The largest absolute Gasteiger partial charge is 0.469 e. The molecule has 0 radical (unpaired) electrons. The van der Waals surface area contributed by atoms with Crippen LogP contribution in [0.4, 0.5) is 5.69 Å². The van der Waals surface area contributed by atoms with Gasteiger partial charge in [0.2, 0.25) is 0 Å². The minimum atomic E-state index is -0.143. The molecule has 1 aliphatic carbocycles. The summed E-state index contributed by atoms with van der Waals surface area (Å²) in [7, 11) is 1.43. The number of fused-ring (bicyclic) bond motifs is 1. The highest BCUT2D eigenvalue weighted by atomic mass is 16.5. The Morgan fingerprint density at radius 3 is 3.13 bits per heavy atom. The number of anilines is 1. The van der Waals surface area contributed by atoms with Crippen molar-refractivity contribution >= 4 is 11.7 Å². The molecule has 2 N–H and O–H groups in total. The Morgan fingerprint density at radius 2 is 2.40 bits per heavy atom. The van der Waals surface area contributed by atoms with Crippen LogP contribution in [0.1, 0.15) is 29.9 Å². The molecule has 1 atom stereocenters. The van der Waals surface area contributed by atoms with E-state index in [0.29, 0.717) is 6.42 Å². The lowest BCUT2D eigenvalue weighted by Crippen LogP contribution is -2.06. The molecule has 0 heterocycles. The third kappa shape index (κ3) is 1.96. The van der Waals surface area contributed by atoms with Gasteiger partial charge in [0.25, 0.3) is 0 Å². The van der Waals surface area contributed by atoms with E-state index in [1.54, 1.807) is 0 Å². The highest BCUT2D eigenvalue weighted by Crippen LogP contribution is 2.36. The molecule has 0 bridgehead atoms. The minimum Gasteiger partial charge on any atom is -0.469 e. The predicted octanol–water partition coefficient (Wildman–Crippen LogP) is 1.86. The Hall–Kier alpha value is -1.51. The summed E-state index contributed by atoms with van der Waals surface area (Å²) < 4.78 is 4.69. The van der Waals surface area contributed by atoms with Crippen molar-refractivity contribution in [1.29, 1.82) is 0 Å². The second-order valence-corrected chi connectivity index (χ2v) is 3.97. The van der Waals surface area contributed by atoms with E-state index in [2.05, 4.69) is 10.8 Å². The molecule has 0 amide bonds. The average Bonchev–Trinajstić information content (AvgIpc) is 2.61. The van der Waals surface area contributed by atoms with Crippen molar-refractivity contribution in [3.8, 4) is 0 Å². The molecule has 3 nitrogen and oxygen atoms in total. The number of hydrogen-bond acceptors (Lipinski definition) is 3. The van der Waals surface area contributed by atoms with Crippen LogP contribution in [-0.2, 0) is 16.0 Å². The molecular formula is C12H15NO2. The van der Waals surface area contributed by atoms with Gasteiger partial charge in [0.1, 0.15) is 0 Å². The number of aryl methyl sites for hydroxylation is 1. The zero-order valence-electron chi connectivity index (χ0n) is 8.82. The number of benzene rings is 1. The molecule has 1 unspecified atom stereocenters. The van der Waals surface area contributed by atoms with Gasteiger partial charge >= 0.3 is 5.97 Å². The summed E-state index contributed by atoms with van der Waals surface area (Å²) in [5, 5.41) is 0. The van der Waals surface area contributed by atoms with Crippen molar-refractivity contribution in [3.63, 3.8) is 0 Å². The summed E-state index contributed by atoms with van der Waals surface area (Å²) in [6.07, 6.45) is 2.53. The van der Waals surface area contributed by atoms with E-state index in [9.17, 15) is 4.79 Å². The summed E-state index contributed by atoms with van der Waals surface area (Å²) in [6, 6.07) is 5.96. The first-order chi connectivity index (χ1) is 7.20. The third-order valence-corrected chi connectivity index (χ3v) is 3.01. The maximum absolute atomic E-state index is 11.2. The Kier molecular flexibility index (Phi) is 2.62. The van der Waals surface area contributed by atoms with Crippen molar-refractivity contribution in [3.05, 3.63) is 29.3 Å². The van der Waals surface area contributed by atoms with Gasteiger partial charge < -0.3 is 10.5 Å². The van der Waals surface area contributed by atoms with Crippen molar-refractivity contribution in [1.82, 2.24) is 0 Å². The van der Waals surface area contributed by atoms with Crippen LogP contribution < -0.4 is 5.73 Å². The SMILES string of the molecule is COC(=O)CC1CCc2ccc(N)cc21. The number of ether oxygens (including phenoxy) is 1. The smallest absolute Gasteiger partial charge is 0.306 e. The zero-order valence-corrected chi connectivity index (χ0v) is 8.82. The molecule has 0 aromatic heterocycles. The van der Waals surface area contributed by atoms with Crippen molar-refractivity contribution in [2.24, 2.45) is 0 Å². The predicted molar refractivity (Wildman–Crippen MR) is 58.5 cm³/mol. The monoisotopic (exact) mass is 205 g/mol. The fourth-order valence-corrected chi connectivity index (χ4v) is 2.20. The van der Waals surface area contributed by atoms with Crippen LogP contribution in [0.3, 0.4) is 0 Å². The number of esters is 1. The van der Waals surface area contributed by atoms with E-state index >= 15 is 0 Å². The summed E-state index contributed by atoms with van der Waals surface area (Å²) in [4.78, 5) is 11.2. The van der Waals surface area contributed by atoms with Gasteiger partial charge in [-0.15, -0.1) is 0 Å². The molecule has 1 aromatic rings. The molecule has 0 spiro atoms. The van der Waals surface area contributed by atoms with E-state index < -0.39 is 0 Å². The van der Waals surface area contributed by atoms with Crippen molar-refractivity contribution in [2.75, 3.05) is 12.8 Å². The standard InChI is InChI=1S/C12H15NO2/c1-15-12(14)6-9-3-2-8-4-5-10(13)7-11(8)9/h4-5,7,9H,2-3,6,13H2,1H3. The highest BCUT2D eigenvalue weighted by Gasteiger charge is 2.24. The fourth-order valence-electron chi connectivity index (χ4n) is 2.20. The summed E-state index contributed by atoms with van der Waals surface area (Å²) in [5.74, 6) is 0.145. The molecule has 1 aromatic carbocycles. The zero-order chi connectivity index (χ0) is 10.8. The van der Waals surface area contributed by atoms with Crippen LogP contribution in [0.2, 0.25) is 0 Å². The van der Waals surface area contributed by atoms with Gasteiger partial charge in [-0.3, -0.25) is 4.79 Å². The molecule has 80 valence electrons. The van der Waals surface area contributed by atoms with Gasteiger partial charge in [-0.1, -0.05) is 6.07 Å². The molecular weight excluding hydrogens is 190 g/mol. The molecule has 1 aliphatic rings. The molecule has 3 heteroatoms. The Bertz CT molecular complexity index is 387. The van der Waals surface area contributed by atoms with E-state index in [1.807, 2.05) is 12.1 Å². The Morgan fingerprint density at radius 1 is 1.60 bits per heavy atom. The lowest BCUT2D eigenvalue weighted by atomic mass is 9.97. The number of carbonyl (C=O) groups is 1. The maximum Gasteiger partial charge on any atom is 0.306 e. The number of nitrogen functional groups attached to an aromatic ring is 1. The number of carbonyl (C=O) groups excluding carboxylic acids is 1. The van der Waals surface area contributed by atoms with Gasteiger partial charge in [0.15, 0.2) is 0 Å². The van der Waals surface area contributed by atoms with Crippen LogP contribution >= 0.6 is 0 Å². The highest BCUT2D eigenvalue weighted by molar-refractivity contribution is 5.71. The quantitative estimate of drug-likeness (QED) is 0.592. The van der Waals surface area contributed by atoms with Crippen LogP contribution in [0.15, 0.2) is 18.2 Å². The molecule has 2 rings (SSSR count). The fraction of sp³-hybridized carbons (Fsp3) is 0.417. The second-order valence-electron chi connectivity index (χ2n) is 3.97. The first-order valence-corrected chi connectivity index (χ1v) is 5.16. The molecule has 0 aliphatic heterocycles. The minimum absolute atomic E-state index is 0.143. The number of hydrogen-bond donors (Lipinski definition) is 1. The van der Waals surface area contributed by atoms with E-state index in [0.717, 1.165) is 18.5 Å². The average molecular weight is 205 g/mol. The van der Waals surface area contributed by atoms with Crippen LogP contribution in [0.25, 0.3) is 0 Å². The third-order valence-electron chi connectivity index (χ3n) is 3.01. The van der Waals surface area contributed by atoms with Gasteiger partial charge in [0, 0.05) is 5.69 Å². The van der Waals surface area contributed by atoms with Gasteiger partial charge in [0.05, 0.1) is 13.5 Å². The van der Waals surface area contributed by atoms with E-state index in [4.69, 9.17) is 5.73 Å². The van der Waals surface area contributed by atoms with Crippen LogP contribution in [0, 0.1) is 0 Å². The molecule has 0 saturated carbocycles. The Labute approximate surface area is 89.2 Å². The number of nitrogens with two attached hydrogens (primary N) is 1. The normalized spacial score (nSPS) is 18.6. The van der Waals surface area contributed by atoms with Gasteiger partial charge in [-0.25, -0.2) is 0 Å². The van der Waals surface area contributed by atoms with Crippen LogP contribution in [-0.4, -0.2) is 13.1 Å². The first-order valence-electron chi connectivity index (χ1n) is 5.16. The molecule has 0 fully saturated rings.